The molecule has 2 nitrogen and oxygen atoms in total. The molecule has 3 aromatic rings. The molecule has 0 fully saturated rings. The molecule has 0 N–H and O–H groups in total. The van der Waals surface area contributed by atoms with E-state index in [1.165, 1.54) is 22.0 Å². The van der Waals surface area contributed by atoms with Gasteiger partial charge in [-0.05, 0) is 17.7 Å². The van der Waals surface area contributed by atoms with E-state index in [1.54, 1.807) is 7.11 Å². The third kappa shape index (κ3) is 2.06. The first kappa shape index (κ1) is 11.7. The summed E-state index contributed by atoms with van der Waals surface area (Å²) >= 11 is 0. The van der Waals surface area contributed by atoms with Crippen molar-refractivity contribution in [1.29, 1.82) is 0 Å². The normalized spacial score (nSPS) is 10.6. The van der Waals surface area contributed by atoms with E-state index in [2.05, 4.69) is 60.3 Å². The number of aryl methyl sites for hydroxylation is 1. The fraction of sp³-hybridized carbons (Fsp3) is 0.118. The molecule has 0 aliphatic heterocycles. The molecule has 1 aromatic heterocycles. The van der Waals surface area contributed by atoms with Crippen molar-refractivity contribution < 1.29 is 9.30 Å². The summed E-state index contributed by atoms with van der Waals surface area (Å²) in [7, 11) is 3.76. The third-order valence-electron chi connectivity index (χ3n) is 3.42. The second kappa shape index (κ2) is 4.73. The van der Waals surface area contributed by atoms with Gasteiger partial charge in [0.05, 0.1) is 12.5 Å². The van der Waals surface area contributed by atoms with Gasteiger partial charge in [-0.3, -0.25) is 0 Å². The minimum Gasteiger partial charge on any atom is -0.497 e. The van der Waals surface area contributed by atoms with Crippen molar-refractivity contribution in [3.63, 3.8) is 0 Å². The number of pyridine rings is 1. The van der Waals surface area contributed by atoms with Crippen molar-refractivity contribution >= 4 is 10.9 Å². The summed E-state index contributed by atoms with van der Waals surface area (Å²) in [4.78, 5) is 0. The molecule has 0 unspecified atom stereocenters. The van der Waals surface area contributed by atoms with Crippen LogP contribution in [0.1, 0.15) is 0 Å². The Kier molecular flexibility index (Phi) is 2.92. The SMILES string of the molecule is COc1ccc2c(c1)c(-c1ccccc1)cc[n+]2C. The van der Waals surface area contributed by atoms with E-state index in [1.807, 2.05) is 12.1 Å². The first-order valence-corrected chi connectivity index (χ1v) is 6.31. The molecule has 0 radical (unpaired) electrons. The molecule has 0 saturated carbocycles. The van der Waals surface area contributed by atoms with Gasteiger partial charge in [0, 0.05) is 17.7 Å². The minimum absolute atomic E-state index is 0.885. The van der Waals surface area contributed by atoms with Crippen molar-refractivity contribution in [3.05, 3.63) is 60.8 Å². The van der Waals surface area contributed by atoms with Crippen molar-refractivity contribution in [2.75, 3.05) is 7.11 Å². The maximum atomic E-state index is 5.34. The Bertz CT molecular complexity index is 720. The van der Waals surface area contributed by atoms with E-state index < -0.39 is 0 Å². The van der Waals surface area contributed by atoms with Crippen LogP contribution in [0.15, 0.2) is 60.8 Å². The van der Waals surface area contributed by atoms with Crippen LogP contribution >= 0.6 is 0 Å². The average molecular weight is 250 g/mol. The molecule has 0 bridgehead atoms. The van der Waals surface area contributed by atoms with Gasteiger partial charge in [-0.1, -0.05) is 30.3 Å². The van der Waals surface area contributed by atoms with E-state index in [0.29, 0.717) is 0 Å². The number of nitrogens with zero attached hydrogens (tertiary/aromatic N) is 1. The Morgan fingerprint density at radius 2 is 1.74 bits per heavy atom. The molecule has 0 aliphatic rings. The van der Waals surface area contributed by atoms with Crippen molar-refractivity contribution in [3.8, 4) is 16.9 Å². The molecule has 3 rings (SSSR count). The molecule has 2 heteroatoms. The second-order valence-corrected chi connectivity index (χ2v) is 4.59. The van der Waals surface area contributed by atoms with Gasteiger partial charge in [-0.15, -0.1) is 0 Å². The van der Waals surface area contributed by atoms with Gasteiger partial charge in [0.1, 0.15) is 12.8 Å². The standard InChI is InChI=1S/C17H16NO/c1-18-11-10-15(13-6-4-3-5-7-13)16-12-14(19-2)8-9-17(16)18/h3-12H,1-2H3/q+1. The van der Waals surface area contributed by atoms with Crippen LogP contribution in [0.3, 0.4) is 0 Å². The van der Waals surface area contributed by atoms with Gasteiger partial charge in [0.2, 0.25) is 5.52 Å². The molecule has 0 spiro atoms. The lowest BCUT2D eigenvalue weighted by molar-refractivity contribution is -0.644. The Morgan fingerprint density at radius 3 is 2.47 bits per heavy atom. The molecule has 0 atom stereocenters. The highest BCUT2D eigenvalue weighted by atomic mass is 16.5. The third-order valence-corrected chi connectivity index (χ3v) is 3.42. The maximum absolute atomic E-state index is 5.34. The van der Waals surface area contributed by atoms with Crippen LogP contribution in [-0.4, -0.2) is 7.11 Å². The largest absolute Gasteiger partial charge is 0.497 e. The molecule has 0 saturated heterocycles. The Hall–Kier alpha value is -2.35. The van der Waals surface area contributed by atoms with Gasteiger partial charge >= 0.3 is 0 Å². The summed E-state index contributed by atoms with van der Waals surface area (Å²) in [6.07, 6.45) is 2.09. The molecular formula is C17H16NO+. The lowest BCUT2D eigenvalue weighted by Crippen LogP contribution is -2.28. The Labute approximate surface area is 112 Å². The zero-order chi connectivity index (χ0) is 13.2. The number of methoxy groups -OCH3 is 1. The zero-order valence-electron chi connectivity index (χ0n) is 11.1. The Morgan fingerprint density at radius 1 is 0.947 bits per heavy atom. The summed E-state index contributed by atoms with van der Waals surface area (Å²) < 4.78 is 7.47. The highest BCUT2D eigenvalue weighted by Crippen LogP contribution is 2.29. The molecule has 0 aliphatic carbocycles. The summed E-state index contributed by atoms with van der Waals surface area (Å²) in [6.45, 7) is 0. The maximum Gasteiger partial charge on any atom is 0.213 e. The van der Waals surface area contributed by atoms with Crippen LogP contribution in [-0.2, 0) is 7.05 Å². The monoisotopic (exact) mass is 250 g/mol. The van der Waals surface area contributed by atoms with Crippen LogP contribution in [0.4, 0.5) is 0 Å². The summed E-state index contributed by atoms with van der Waals surface area (Å²) in [5, 5.41) is 1.20. The van der Waals surface area contributed by atoms with E-state index in [9.17, 15) is 0 Å². The number of rotatable bonds is 2. The number of hydrogen-bond donors (Lipinski definition) is 0. The van der Waals surface area contributed by atoms with Crippen LogP contribution in [0.25, 0.3) is 22.0 Å². The summed E-state index contributed by atoms with van der Waals surface area (Å²) in [5.41, 5.74) is 3.65. The van der Waals surface area contributed by atoms with E-state index >= 15 is 0 Å². The van der Waals surface area contributed by atoms with Crippen LogP contribution in [0, 0.1) is 0 Å². The van der Waals surface area contributed by atoms with Crippen LogP contribution < -0.4 is 9.30 Å². The van der Waals surface area contributed by atoms with Crippen LogP contribution in [0.2, 0.25) is 0 Å². The van der Waals surface area contributed by atoms with Gasteiger partial charge < -0.3 is 4.74 Å². The van der Waals surface area contributed by atoms with Gasteiger partial charge in [-0.25, -0.2) is 4.57 Å². The molecule has 94 valence electrons. The molecule has 0 amide bonds. The fourth-order valence-corrected chi connectivity index (χ4v) is 2.39. The van der Waals surface area contributed by atoms with Crippen molar-refractivity contribution in [1.82, 2.24) is 0 Å². The Balaban J connectivity index is 2.33. The average Bonchev–Trinajstić information content (AvgIpc) is 2.48. The minimum atomic E-state index is 0.885. The molecule has 2 aromatic carbocycles. The summed E-state index contributed by atoms with van der Waals surface area (Å²) in [6, 6.07) is 18.8. The number of ether oxygens (including phenoxy) is 1. The first-order chi connectivity index (χ1) is 9.29. The summed E-state index contributed by atoms with van der Waals surface area (Å²) in [5.74, 6) is 0.885. The first-order valence-electron chi connectivity index (χ1n) is 6.31. The highest BCUT2D eigenvalue weighted by molar-refractivity contribution is 5.93. The van der Waals surface area contributed by atoms with E-state index in [0.717, 1.165) is 5.75 Å². The predicted molar refractivity (Wildman–Crippen MR) is 77.1 cm³/mol. The number of fused-ring (bicyclic) bond motifs is 1. The van der Waals surface area contributed by atoms with Gasteiger partial charge in [0.25, 0.3) is 0 Å². The number of hydrogen-bond acceptors (Lipinski definition) is 1. The lowest BCUT2D eigenvalue weighted by Gasteiger charge is -2.07. The van der Waals surface area contributed by atoms with Crippen LogP contribution in [0.5, 0.6) is 5.75 Å². The molecular weight excluding hydrogens is 234 g/mol. The topological polar surface area (TPSA) is 13.1 Å². The zero-order valence-corrected chi connectivity index (χ0v) is 11.1. The molecule has 19 heavy (non-hydrogen) atoms. The second-order valence-electron chi connectivity index (χ2n) is 4.59. The van der Waals surface area contributed by atoms with E-state index in [-0.39, 0.29) is 0 Å². The highest BCUT2D eigenvalue weighted by Gasteiger charge is 2.11. The number of aromatic nitrogens is 1. The number of benzene rings is 2. The smallest absolute Gasteiger partial charge is 0.213 e. The molecule has 1 heterocycles. The lowest BCUT2D eigenvalue weighted by atomic mass is 10.0. The van der Waals surface area contributed by atoms with Crippen molar-refractivity contribution in [2.24, 2.45) is 7.05 Å². The predicted octanol–water partition coefficient (Wildman–Crippen LogP) is 3.34. The quantitative estimate of drug-likeness (QED) is 0.636. The van der Waals surface area contributed by atoms with Crippen molar-refractivity contribution in [2.45, 2.75) is 0 Å². The van der Waals surface area contributed by atoms with Gasteiger partial charge in [0.15, 0.2) is 6.20 Å². The van der Waals surface area contributed by atoms with Gasteiger partial charge in [-0.2, -0.15) is 0 Å². The fourth-order valence-electron chi connectivity index (χ4n) is 2.39. The van der Waals surface area contributed by atoms with E-state index in [4.69, 9.17) is 4.74 Å².